The van der Waals surface area contributed by atoms with Gasteiger partial charge in [0, 0.05) is 12.0 Å². The van der Waals surface area contributed by atoms with Crippen LogP contribution >= 0.6 is 0 Å². The van der Waals surface area contributed by atoms with Crippen LogP contribution in [0.2, 0.25) is 0 Å². The maximum absolute atomic E-state index is 11.4. The van der Waals surface area contributed by atoms with Crippen LogP contribution < -0.4 is 0 Å². The molecule has 0 saturated carbocycles. The summed E-state index contributed by atoms with van der Waals surface area (Å²) in [5, 5.41) is 0. The van der Waals surface area contributed by atoms with E-state index in [0.717, 1.165) is 13.0 Å². The first-order valence-electron chi connectivity index (χ1n) is 4.70. The molecule has 2 heteroatoms. The van der Waals surface area contributed by atoms with Crippen LogP contribution in [0.25, 0.3) is 0 Å². The third-order valence-electron chi connectivity index (χ3n) is 1.75. The number of ketones is 1. The Morgan fingerprint density at radius 1 is 1.31 bits per heavy atom. The summed E-state index contributed by atoms with van der Waals surface area (Å²) in [6.45, 7) is 6.80. The molecule has 76 valence electrons. The molecular formula is C11H21NO. The molecule has 13 heavy (non-hydrogen) atoms. The summed E-state index contributed by atoms with van der Waals surface area (Å²) in [5.41, 5.74) is -0.241. The summed E-state index contributed by atoms with van der Waals surface area (Å²) in [6.07, 6.45) is 4.59. The molecule has 0 fully saturated rings. The Balaban J connectivity index is 3.80. The van der Waals surface area contributed by atoms with Crippen molar-refractivity contribution in [3.63, 3.8) is 0 Å². The number of carbonyl (C=O) groups excluding carboxylic acids is 1. The summed E-state index contributed by atoms with van der Waals surface area (Å²) in [4.78, 5) is 13.5. The first-order chi connectivity index (χ1) is 5.84. The van der Waals surface area contributed by atoms with Gasteiger partial charge < -0.3 is 4.90 Å². The number of carbonyl (C=O) groups is 1. The van der Waals surface area contributed by atoms with Crippen LogP contribution in [-0.4, -0.2) is 31.3 Å². The number of hydrogen-bond donors (Lipinski definition) is 0. The maximum atomic E-state index is 11.4. The average molecular weight is 183 g/mol. The molecular weight excluding hydrogens is 162 g/mol. The van der Waals surface area contributed by atoms with Crippen LogP contribution in [0, 0.1) is 5.41 Å². The van der Waals surface area contributed by atoms with Gasteiger partial charge >= 0.3 is 0 Å². The number of rotatable bonds is 4. The first kappa shape index (κ1) is 12.4. The zero-order valence-corrected chi connectivity index (χ0v) is 9.42. The highest BCUT2D eigenvalue weighted by Crippen LogP contribution is 2.14. The fourth-order valence-corrected chi connectivity index (χ4v) is 0.773. The highest BCUT2D eigenvalue weighted by Gasteiger charge is 2.17. The van der Waals surface area contributed by atoms with Crippen LogP contribution in [0.15, 0.2) is 12.2 Å². The normalized spacial score (nSPS) is 12.8. The molecule has 0 N–H and O–H groups in total. The first-order valence-corrected chi connectivity index (χ1v) is 4.70. The summed E-state index contributed by atoms with van der Waals surface area (Å²) in [6, 6.07) is 0. The van der Waals surface area contributed by atoms with Gasteiger partial charge in [0.25, 0.3) is 0 Å². The summed E-state index contributed by atoms with van der Waals surface area (Å²) in [7, 11) is 4.05. The van der Waals surface area contributed by atoms with Gasteiger partial charge in [0.2, 0.25) is 0 Å². The molecule has 0 aromatic carbocycles. The Hall–Kier alpha value is -0.630. The molecule has 0 unspecified atom stereocenters. The molecule has 0 heterocycles. The summed E-state index contributed by atoms with van der Waals surface area (Å²) < 4.78 is 0. The van der Waals surface area contributed by atoms with Crippen molar-refractivity contribution >= 4 is 5.78 Å². The predicted octanol–water partition coefficient (Wildman–Crippen LogP) is 2.11. The zero-order chi connectivity index (χ0) is 10.5. The van der Waals surface area contributed by atoms with Crippen molar-refractivity contribution in [2.75, 3.05) is 20.6 Å². The van der Waals surface area contributed by atoms with E-state index in [9.17, 15) is 4.79 Å². The zero-order valence-electron chi connectivity index (χ0n) is 9.42. The minimum atomic E-state index is -0.241. The van der Waals surface area contributed by atoms with Gasteiger partial charge in [0.05, 0.1) is 0 Å². The molecule has 0 saturated heterocycles. The standard InChI is InChI=1S/C11H21NO/c1-11(2,3)10(13)8-6-7-9-12(4)5/h6,8H,7,9H2,1-5H3/b8-6+. The van der Waals surface area contributed by atoms with Gasteiger partial charge in [-0.1, -0.05) is 26.8 Å². The second kappa shape index (κ2) is 5.18. The van der Waals surface area contributed by atoms with Crippen LogP contribution in [0.1, 0.15) is 27.2 Å². The molecule has 0 aliphatic carbocycles. The van der Waals surface area contributed by atoms with Gasteiger partial charge in [-0.25, -0.2) is 0 Å². The van der Waals surface area contributed by atoms with E-state index >= 15 is 0 Å². The van der Waals surface area contributed by atoms with Gasteiger partial charge in [0.1, 0.15) is 0 Å². The van der Waals surface area contributed by atoms with Crippen molar-refractivity contribution in [3.8, 4) is 0 Å². The van der Waals surface area contributed by atoms with Crippen molar-refractivity contribution < 1.29 is 4.79 Å². The lowest BCUT2D eigenvalue weighted by Crippen LogP contribution is -2.17. The monoisotopic (exact) mass is 183 g/mol. The predicted molar refractivity (Wildman–Crippen MR) is 56.8 cm³/mol. The van der Waals surface area contributed by atoms with Gasteiger partial charge in [-0.15, -0.1) is 0 Å². The van der Waals surface area contributed by atoms with Crippen LogP contribution in [0.4, 0.5) is 0 Å². The number of hydrogen-bond acceptors (Lipinski definition) is 2. The molecule has 0 rings (SSSR count). The average Bonchev–Trinajstić information content (AvgIpc) is 1.95. The molecule has 0 radical (unpaired) electrons. The topological polar surface area (TPSA) is 20.3 Å². The summed E-state index contributed by atoms with van der Waals surface area (Å²) in [5.74, 6) is 0.200. The highest BCUT2D eigenvalue weighted by molar-refractivity contribution is 5.93. The third-order valence-corrected chi connectivity index (χ3v) is 1.75. The van der Waals surface area contributed by atoms with Crippen molar-refractivity contribution in [3.05, 3.63) is 12.2 Å². The molecule has 0 bridgehead atoms. The Kier molecular flexibility index (Phi) is 4.92. The summed E-state index contributed by atoms with van der Waals surface area (Å²) >= 11 is 0. The Morgan fingerprint density at radius 3 is 2.23 bits per heavy atom. The van der Waals surface area contributed by atoms with Crippen LogP contribution in [-0.2, 0) is 4.79 Å². The highest BCUT2D eigenvalue weighted by atomic mass is 16.1. The smallest absolute Gasteiger partial charge is 0.160 e. The van der Waals surface area contributed by atoms with Gasteiger partial charge in [0.15, 0.2) is 5.78 Å². The van der Waals surface area contributed by atoms with Crippen LogP contribution in [0.5, 0.6) is 0 Å². The van der Waals surface area contributed by atoms with E-state index in [-0.39, 0.29) is 11.2 Å². The number of nitrogens with zero attached hydrogens (tertiary/aromatic N) is 1. The van der Waals surface area contributed by atoms with E-state index in [4.69, 9.17) is 0 Å². The molecule has 2 nitrogen and oxygen atoms in total. The second-order valence-electron chi connectivity index (χ2n) is 4.61. The Labute approximate surface area is 81.6 Å². The lowest BCUT2D eigenvalue weighted by atomic mass is 9.90. The molecule has 0 aliphatic rings. The van der Waals surface area contributed by atoms with E-state index in [0.29, 0.717) is 0 Å². The van der Waals surface area contributed by atoms with Crippen molar-refractivity contribution in [1.82, 2.24) is 4.90 Å². The SMILES string of the molecule is CN(C)CC/C=C/C(=O)C(C)(C)C. The quantitative estimate of drug-likeness (QED) is 0.622. The van der Waals surface area contributed by atoms with E-state index in [1.165, 1.54) is 0 Å². The molecule has 0 aromatic rings. The van der Waals surface area contributed by atoms with E-state index in [2.05, 4.69) is 4.90 Å². The van der Waals surface area contributed by atoms with E-state index in [1.807, 2.05) is 40.9 Å². The van der Waals surface area contributed by atoms with E-state index < -0.39 is 0 Å². The fourth-order valence-electron chi connectivity index (χ4n) is 0.773. The van der Waals surface area contributed by atoms with Crippen molar-refractivity contribution in [2.24, 2.45) is 5.41 Å². The number of allylic oxidation sites excluding steroid dienone is 1. The fraction of sp³-hybridized carbons (Fsp3) is 0.727. The van der Waals surface area contributed by atoms with Gasteiger partial charge in [-0.05, 0) is 26.6 Å². The Morgan fingerprint density at radius 2 is 1.85 bits per heavy atom. The molecule has 0 amide bonds. The van der Waals surface area contributed by atoms with Gasteiger partial charge in [-0.2, -0.15) is 0 Å². The lowest BCUT2D eigenvalue weighted by Gasteiger charge is -2.13. The van der Waals surface area contributed by atoms with Gasteiger partial charge in [-0.3, -0.25) is 4.79 Å². The van der Waals surface area contributed by atoms with E-state index in [1.54, 1.807) is 6.08 Å². The van der Waals surface area contributed by atoms with Crippen molar-refractivity contribution in [2.45, 2.75) is 27.2 Å². The maximum Gasteiger partial charge on any atom is 0.160 e. The minimum absolute atomic E-state index is 0.200. The largest absolute Gasteiger partial charge is 0.309 e. The molecule has 0 aliphatic heterocycles. The molecule has 0 spiro atoms. The molecule has 0 atom stereocenters. The third kappa shape index (κ3) is 6.52. The second-order valence-corrected chi connectivity index (χ2v) is 4.61. The van der Waals surface area contributed by atoms with Crippen molar-refractivity contribution in [1.29, 1.82) is 0 Å². The lowest BCUT2D eigenvalue weighted by molar-refractivity contribution is -0.121. The molecule has 0 aromatic heterocycles. The van der Waals surface area contributed by atoms with Crippen LogP contribution in [0.3, 0.4) is 0 Å². The minimum Gasteiger partial charge on any atom is -0.309 e. The Bertz CT molecular complexity index is 187.